The van der Waals surface area contributed by atoms with Crippen LogP contribution in [0.1, 0.15) is 48.7 Å². The summed E-state index contributed by atoms with van der Waals surface area (Å²) in [5.74, 6) is 1.37. The van der Waals surface area contributed by atoms with E-state index in [1.807, 2.05) is 12.1 Å². The molecular formula is C16H15BrClIN2. The second-order valence-electron chi connectivity index (χ2n) is 5.42. The third-order valence-corrected chi connectivity index (χ3v) is 6.02. The molecule has 3 rings (SSSR count). The molecule has 1 saturated carbocycles. The maximum absolute atomic E-state index is 6.33. The summed E-state index contributed by atoms with van der Waals surface area (Å²) in [6.45, 7) is 0. The van der Waals surface area contributed by atoms with E-state index in [2.05, 4.69) is 55.6 Å². The predicted octanol–water partition coefficient (Wildman–Crippen LogP) is 5.75. The Morgan fingerprint density at radius 2 is 2.00 bits per heavy atom. The van der Waals surface area contributed by atoms with Crippen LogP contribution >= 0.6 is 50.1 Å². The first-order valence-corrected chi connectivity index (χ1v) is 9.34. The molecule has 0 saturated heterocycles. The van der Waals surface area contributed by atoms with Gasteiger partial charge in [0.2, 0.25) is 0 Å². The van der Waals surface area contributed by atoms with Crippen molar-refractivity contribution in [3.63, 3.8) is 0 Å². The molecule has 1 aromatic carbocycles. The molecule has 1 aliphatic rings. The zero-order valence-corrected chi connectivity index (χ0v) is 16.0. The van der Waals surface area contributed by atoms with E-state index in [1.165, 1.54) is 31.2 Å². The van der Waals surface area contributed by atoms with Gasteiger partial charge in [0, 0.05) is 16.8 Å². The van der Waals surface area contributed by atoms with Gasteiger partial charge < -0.3 is 0 Å². The minimum absolute atomic E-state index is 0.554. The molecule has 0 N–H and O–H groups in total. The van der Waals surface area contributed by atoms with Gasteiger partial charge >= 0.3 is 0 Å². The highest BCUT2D eigenvalue weighted by atomic mass is 127. The van der Waals surface area contributed by atoms with Crippen LogP contribution in [-0.4, -0.2) is 9.97 Å². The number of halogens is 3. The van der Waals surface area contributed by atoms with Crippen molar-refractivity contribution in [2.24, 2.45) is 0 Å². The van der Waals surface area contributed by atoms with Crippen molar-refractivity contribution in [1.29, 1.82) is 0 Å². The molecule has 0 atom stereocenters. The third kappa shape index (κ3) is 3.77. The molecule has 0 amide bonds. The lowest BCUT2D eigenvalue weighted by atomic mass is 10.0. The van der Waals surface area contributed by atoms with E-state index >= 15 is 0 Å². The van der Waals surface area contributed by atoms with E-state index in [0.29, 0.717) is 11.1 Å². The summed E-state index contributed by atoms with van der Waals surface area (Å²) in [6.07, 6.45) is 5.75. The first-order chi connectivity index (χ1) is 10.1. The molecule has 2 nitrogen and oxygen atoms in total. The Morgan fingerprint density at radius 3 is 2.71 bits per heavy atom. The second-order valence-corrected chi connectivity index (χ2v) is 7.77. The SMILES string of the molecule is Clc1nc(Cc2cccc(Br)c2)nc(C2CCCC2)c1I. The lowest BCUT2D eigenvalue weighted by Gasteiger charge is -2.13. The second kappa shape index (κ2) is 6.92. The Labute approximate surface area is 152 Å². The molecule has 2 aromatic rings. The fourth-order valence-corrected chi connectivity index (χ4v) is 4.18. The molecule has 0 unspecified atom stereocenters. The zero-order valence-electron chi connectivity index (χ0n) is 11.5. The van der Waals surface area contributed by atoms with Crippen molar-refractivity contribution < 1.29 is 0 Å². The number of nitrogens with zero attached hydrogens (tertiary/aromatic N) is 2. The van der Waals surface area contributed by atoms with Crippen LogP contribution in [0, 0.1) is 3.57 Å². The van der Waals surface area contributed by atoms with Crippen LogP contribution in [0.5, 0.6) is 0 Å². The van der Waals surface area contributed by atoms with Crippen LogP contribution in [0.2, 0.25) is 5.15 Å². The predicted molar refractivity (Wildman–Crippen MR) is 97.9 cm³/mol. The van der Waals surface area contributed by atoms with Gasteiger partial charge in [0.15, 0.2) is 0 Å². The van der Waals surface area contributed by atoms with E-state index < -0.39 is 0 Å². The van der Waals surface area contributed by atoms with Gasteiger partial charge in [0.05, 0.1) is 9.26 Å². The van der Waals surface area contributed by atoms with Gasteiger partial charge in [-0.2, -0.15) is 0 Å². The number of rotatable bonds is 3. The number of benzene rings is 1. The van der Waals surface area contributed by atoms with Gasteiger partial charge in [-0.05, 0) is 53.1 Å². The summed E-state index contributed by atoms with van der Waals surface area (Å²) in [6, 6.07) is 8.25. The van der Waals surface area contributed by atoms with E-state index in [-0.39, 0.29) is 0 Å². The minimum Gasteiger partial charge on any atom is -0.236 e. The Hall–Kier alpha value is -0.200. The summed E-state index contributed by atoms with van der Waals surface area (Å²) in [5, 5.41) is 0.595. The highest BCUT2D eigenvalue weighted by molar-refractivity contribution is 14.1. The fourth-order valence-electron chi connectivity index (χ4n) is 2.86. The average molecular weight is 478 g/mol. The number of aromatic nitrogens is 2. The van der Waals surface area contributed by atoms with E-state index in [0.717, 1.165) is 26.0 Å². The van der Waals surface area contributed by atoms with E-state index in [1.54, 1.807) is 0 Å². The number of hydrogen-bond donors (Lipinski definition) is 0. The molecule has 1 heterocycles. The molecule has 5 heteroatoms. The monoisotopic (exact) mass is 476 g/mol. The molecule has 0 bridgehead atoms. The van der Waals surface area contributed by atoms with Crippen LogP contribution in [0.15, 0.2) is 28.7 Å². The topological polar surface area (TPSA) is 25.8 Å². The summed E-state index contributed by atoms with van der Waals surface area (Å²) in [7, 11) is 0. The van der Waals surface area contributed by atoms with Gasteiger partial charge in [-0.25, -0.2) is 9.97 Å². The molecule has 0 spiro atoms. The normalized spacial score (nSPS) is 15.6. The van der Waals surface area contributed by atoms with Crippen LogP contribution in [0.3, 0.4) is 0 Å². The van der Waals surface area contributed by atoms with E-state index in [9.17, 15) is 0 Å². The highest BCUT2D eigenvalue weighted by Crippen LogP contribution is 2.36. The van der Waals surface area contributed by atoms with Gasteiger partial charge in [0.25, 0.3) is 0 Å². The van der Waals surface area contributed by atoms with E-state index in [4.69, 9.17) is 16.6 Å². The van der Waals surface area contributed by atoms with Crippen LogP contribution in [0.25, 0.3) is 0 Å². The molecule has 110 valence electrons. The maximum Gasteiger partial charge on any atom is 0.146 e. The Kier molecular flexibility index (Phi) is 5.17. The number of hydrogen-bond acceptors (Lipinski definition) is 2. The molecule has 21 heavy (non-hydrogen) atoms. The van der Waals surface area contributed by atoms with Gasteiger partial charge in [0.1, 0.15) is 11.0 Å². The quantitative estimate of drug-likeness (QED) is 0.416. The lowest BCUT2D eigenvalue weighted by molar-refractivity contribution is 0.680. The first kappa shape index (κ1) is 15.7. The van der Waals surface area contributed by atoms with Crippen molar-refractivity contribution in [2.75, 3.05) is 0 Å². The van der Waals surface area contributed by atoms with Gasteiger partial charge in [-0.15, -0.1) is 0 Å². The standard InChI is InChI=1S/C16H15BrClIN2/c17-12-7-3-4-10(8-12)9-13-20-15(11-5-1-2-6-11)14(19)16(18)21-13/h3-4,7-8,11H,1-2,5-6,9H2. The van der Waals surface area contributed by atoms with Crippen LogP contribution in [-0.2, 0) is 6.42 Å². The highest BCUT2D eigenvalue weighted by Gasteiger charge is 2.23. The van der Waals surface area contributed by atoms with Gasteiger partial charge in [-0.3, -0.25) is 0 Å². The summed E-state index contributed by atoms with van der Waals surface area (Å²) >= 11 is 12.1. The molecule has 1 aromatic heterocycles. The first-order valence-electron chi connectivity index (χ1n) is 7.10. The minimum atomic E-state index is 0.554. The summed E-state index contributed by atoms with van der Waals surface area (Å²) < 4.78 is 2.10. The average Bonchev–Trinajstić information content (AvgIpc) is 2.96. The summed E-state index contributed by atoms with van der Waals surface area (Å²) in [4.78, 5) is 9.28. The van der Waals surface area contributed by atoms with Crippen molar-refractivity contribution in [1.82, 2.24) is 9.97 Å². The smallest absolute Gasteiger partial charge is 0.146 e. The third-order valence-electron chi connectivity index (χ3n) is 3.88. The Balaban J connectivity index is 1.92. The zero-order chi connectivity index (χ0) is 14.8. The molecule has 0 aliphatic heterocycles. The van der Waals surface area contributed by atoms with Crippen molar-refractivity contribution >= 4 is 50.1 Å². The molecule has 0 radical (unpaired) electrons. The molecule has 1 aliphatic carbocycles. The van der Waals surface area contributed by atoms with Crippen molar-refractivity contribution in [3.05, 3.63) is 54.5 Å². The van der Waals surface area contributed by atoms with Crippen LogP contribution in [0.4, 0.5) is 0 Å². The molecule has 1 fully saturated rings. The largest absolute Gasteiger partial charge is 0.236 e. The molecular weight excluding hydrogens is 462 g/mol. The summed E-state index contributed by atoms with van der Waals surface area (Å²) in [5.41, 5.74) is 2.34. The van der Waals surface area contributed by atoms with Gasteiger partial charge in [-0.1, -0.05) is 52.5 Å². The van der Waals surface area contributed by atoms with Crippen molar-refractivity contribution in [2.45, 2.75) is 38.0 Å². The fraction of sp³-hybridized carbons (Fsp3) is 0.375. The maximum atomic E-state index is 6.33. The Morgan fingerprint density at radius 1 is 1.24 bits per heavy atom. The van der Waals surface area contributed by atoms with Crippen molar-refractivity contribution in [3.8, 4) is 0 Å². The Bertz CT molecular complexity index is 657. The van der Waals surface area contributed by atoms with Crippen LogP contribution < -0.4 is 0 Å². The lowest BCUT2D eigenvalue weighted by Crippen LogP contribution is -2.07.